The summed E-state index contributed by atoms with van der Waals surface area (Å²) in [5, 5.41) is 4.23. The van der Waals surface area contributed by atoms with Crippen molar-refractivity contribution in [3.8, 4) is 5.88 Å². The van der Waals surface area contributed by atoms with Crippen molar-refractivity contribution in [1.29, 1.82) is 0 Å². The van der Waals surface area contributed by atoms with Gasteiger partial charge in [-0.15, -0.1) is 0 Å². The predicted octanol–water partition coefficient (Wildman–Crippen LogP) is 2.53. The number of anilines is 1. The molecule has 29 heavy (non-hydrogen) atoms. The van der Waals surface area contributed by atoms with Crippen LogP contribution in [0, 0.1) is 6.92 Å². The summed E-state index contributed by atoms with van der Waals surface area (Å²) in [5.74, 6) is 0.537. The summed E-state index contributed by atoms with van der Waals surface area (Å²) in [6.07, 6.45) is 0.150. The molecule has 0 unspecified atom stereocenters. The van der Waals surface area contributed by atoms with Gasteiger partial charge in [-0.3, -0.25) is 4.79 Å². The van der Waals surface area contributed by atoms with E-state index in [1.54, 1.807) is 17.9 Å². The molecule has 1 fully saturated rings. The monoisotopic (exact) mass is 403 g/mol. The second-order valence-corrected chi connectivity index (χ2v) is 6.66. The first-order valence-corrected chi connectivity index (χ1v) is 9.14. The Bertz CT molecular complexity index is 1020. The Labute approximate surface area is 165 Å². The van der Waals surface area contributed by atoms with Gasteiger partial charge in [-0.2, -0.15) is 0 Å². The minimum atomic E-state index is -2.58. The number of halogens is 2. The molecule has 0 bridgehead atoms. The van der Waals surface area contributed by atoms with E-state index in [9.17, 15) is 13.6 Å². The SMILES string of the molecule is Cc1oncc1C(=O)N1CCN(c2ccc3ncnc(OCC(F)F)c3c2)CC1. The number of carbonyl (C=O) groups excluding carboxylic acids is 1. The van der Waals surface area contributed by atoms with E-state index in [0.29, 0.717) is 48.4 Å². The van der Waals surface area contributed by atoms with Gasteiger partial charge in [0.25, 0.3) is 12.3 Å². The van der Waals surface area contributed by atoms with Crippen molar-refractivity contribution in [1.82, 2.24) is 20.0 Å². The smallest absolute Gasteiger partial charge is 0.272 e. The summed E-state index contributed by atoms with van der Waals surface area (Å²) in [7, 11) is 0. The lowest BCUT2D eigenvalue weighted by molar-refractivity contribution is 0.0744. The summed E-state index contributed by atoms with van der Waals surface area (Å²) >= 11 is 0. The van der Waals surface area contributed by atoms with Gasteiger partial charge in [0.2, 0.25) is 5.88 Å². The fourth-order valence-corrected chi connectivity index (χ4v) is 3.32. The Morgan fingerprint density at radius 2 is 2.03 bits per heavy atom. The lowest BCUT2D eigenvalue weighted by atomic mass is 10.1. The molecule has 4 rings (SSSR count). The summed E-state index contributed by atoms with van der Waals surface area (Å²) in [6, 6.07) is 5.55. The van der Waals surface area contributed by atoms with Gasteiger partial charge in [-0.25, -0.2) is 18.7 Å². The highest BCUT2D eigenvalue weighted by Gasteiger charge is 2.25. The number of ether oxygens (including phenoxy) is 1. The lowest BCUT2D eigenvalue weighted by Gasteiger charge is -2.36. The van der Waals surface area contributed by atoms with Crippen LogP contribution in [0.5, 0.6) is 5.88 Å². The molecule has 10 heteroatoms. The highest BCUT2D eigenvalue weighted by atomic mass is 19.3. The third kappa shape index (κ3) is 3.96. The molecule has 0 radical (unpaired) electrons. The number of hydrogen-bond donors (Lipinski definition) is 0. The minimum absolute atomic E-state index is 0.0991. The molecule has 0 spiro atoms. The Balaban J connectivity index is 1.49. The first-order chi connectivity index (χ1) is 14.0. The number of aromatic nitrogens is 3. The Kier molecular flexibility index (Phi) is 5.24. The molecular weight excluding hydrogens is 384 g/mol. The first-order valence-electron chi connectivity index (χ1n) is 9.14. The second kappa shape index (κ2) is 7.98. The van der Waals surface area contributed by atoms with Crippen LogP contribution in [-0.2, 0) is 0 Å². The number of hydrogen-bond acceptors (Lipinski definition) is 7. The van der Waals surface area contributed by atoms with E-state index < -0.39 is 13.0 Å². The minimum Gasteiger partial charge on any atom is -0.471 e. The van der Waals surface area contributed by atoms with E-state index in [0.717, 1.165) is 5.69 Å². The highest BCUT2D eigenvalue weighted by molar-refractivity contribution is 5.95. The number of carbonyl (C=O) groups is 1. The zero-order chi connectivity index (χ0) is 20.4. The average molecular weight is 403 g/mol. The molecule has 1 aliphatic rings. The van der Waals surface area contributed by atoms with Gasteiger partial charge in [0.1, 0.15) is 17.7 Å². The van der Waals surface area contributed by atoms with E-state index in [1.165, 1.54) is 12.5 Å². The van der Waals surface area contributed by atoms with Crippen LogP contribution in [0.25, 0.3) is 10.9 Å². The van der Waals surface area contributed by atoms with Gasteiger partial charge in [0.15, 0.2) is 6.61 Å². The maximum atomic E-state index is 12.6. The normalized spacial score (nSPS) is 14.6. The van der Waals surface area contributed by atoms with E-state index in [1.807, 2.05) is 12.1 Å². The quantitative estimate of drug-likeness (QED) is 0.647. The third-order valence-electron chi connectivity index (χ3n) is 4.84. The van der Waals surface area contributed by atoms with Crippen LogP contribution in [0.3, 0.4) is 0 Å². The Morgan fingerprint density at radius 3 is 2.72 bits per heavy atom. The molecule has 1 aliphatic heterocycles. The fraction of sp³-hybridized carbons (Fsp3) is 0.368. The van der Waals surface area contributed by atoms with Crippen molar-refractivity contribution in [2.75, 3.05) is 37.7 Å². The van der Waals surface area contributed by atoms with Crippen LogP contribution in [0.2, 0.25) is 0 Å². The lowest BCUT2D eigenvalue weighted by Crippen LogP contribution is -2.48. The molecule has 3 heterocycles. The van der Waals surface area contributed by atoms with Crippen LogP contribution in [-0.4, -0.2) is 65.1 Å². The van der Waals surface area contributed by atoms with Gasteiger partial charge >= 0.3 is 0 Å². The van der Waals surface area contributed by atoms with Gasteiger partial charge in [0.05, 0.1) is 17.1 Å². The molecule has 1 saturated heterocycles. The molecule has 3 aromatic rings. The molecule has 1 aromatic carbocycles. The Morgan fingerprint density at radius 1 is 1.24 bits per heavy atom. The molecule has 0 saturated carbocycles. The van der Waals surface area contributed by atoms with Crippen LogP contribution < -0.4 is 9.64 Å². The largest absolute Gasteiger partial charge is 0.471 e. The number of fused-ring (bicyclic) bond motifs is 1. The van der Waals surface area contributed by atoms with Crippen LogP contribution in [0.15, 0.2) is 35.2 Å². The van der Waals surface area contributed by atoms with Crippen molar-refractivity contribution in [3.05, 3.63) is 42.0 Å². The van der Waals surface area contributed by atoms with Crippen LogP contribution >= 0.6 is 0 Å². The van der Waals surface area contributed by atoms with Gasteiger partial charge < -0.3 is 19.1 Å². The van der Waals surface area contributed by atoms with Gasteiger partial charge in [-0.05, 0) is 25.1 Å². The predicted molar refractivity (Wildman–Crippen MR) is 100 cm³/mol. The summed E-state index contributed by atoms with van der Waals surface area (Å²) in [5.41, 5.74) is 1.98. The summed E-state index contributed by atoms with van der Waals surface area (Å²) in [6.45, 7) is 3.33. The van der Waals surface area contributed by atoms with Crippen LogP contribution in [0.1, 0.15) is 16.1 Å². The van der Waals surface area contributed by atoms with Crippen molar-refractivity contribution in [3.63, 3.8) is 0 Å². The summed E-state index contributed by atoms with van der Waals surface area (Å²) < 4.78 is 35.1. The fourth-order valence-electron chi connectivity index (χ4n) is 3.32. The number of piperazine rings is 1. The average Bonchev–Trinajstić information content (AvgIpc) is 3.17. The van der Waals surface area contributed by atoms with E-state index in [-0.39, 0.29) is 11.8 Å². The summed E-state index contributed by atoms with van der Waals surface area (Å²) in [4.78, 5) is 24.6. The number of nitrogens with zero attached hydrogens (tertiary/aromatic N) is 5. The Hall–Kier alpha value is -3.30. The van der Waals surface area contributed by atoms with Crippen molar-refractivity contribution in [2.24, 2.45) is 0 Å². The van der Waals surface area contributed by atoms with E-state index in [2.05, 4.69) is 20.0 Å². The first kappa shape index (κ1) is 19.0. The number of rotatable bonds is 5. The number of alkyl halides is 2. The maximum absolute atomic E-state index is 12.6. The van der Waals surface area contributed by atoms with Crippen LogP contribution in [0.4, 0.5) is 14.5 Å². The topological polar surface area (TPSA) is 84.6 Å². The van der Waals surface area contributed by atoms with E-state index in [4.69, 9.17) is 9.26 Å². The molecule has 2 aromatic heterocycles. The maximum Gasteiger partial charge on any atom is 0.272 e. The molecule has 0 atom stereocenters. The van der Waals surface area contributed by atoms with Gasteiger partial charge in [-0.1, -0.05) is 5.16 Å². The number of amides is 1. The van der Waals surface area contributed by atoms with Crippen molar-refractivity contribution in [2.45, 2.75) is 13.3 Å². The zero-order valence-corrected chi connectivity index (χ0v) is 15.7. The number of aryl methyl sites for hydroxylation is 1. The van der Waals surface area contributed by atoms with Crippen molar-refractivity contribution >= 4 is 22.5 Å². The number of benzene rings is 1. The molecule has 1 amide bonds. The third-order valence-corrected chi connectivity index (χ3v) is 4.84. The molecule has 152 valence electrons. The molecular formula is C19H19F2N5O3. The molecule has 0 aliphatic carbocycles. The molecule has 0 N–H and O–H groups in total. The second-order valence-electron chi connectivity index (χ2n) is 6.66. The highest BCUT2D eigenvalue weighted by Crippen LogP contribution is 2.28. The molecule has 8 nitrogen and oxygen atoms in total. The van der Waals surface area contributed by atoms with E-state index >= 15 is 0 Å². The zero-order valence-electron chi connectivity index (χ0n) is 15.7. The van der Waals surface area contributed by atoms with Crippen molar-refractivity contribution < 1.29 is 22.8 Å². The standard InChI is InChI=1S/C19H19F2N5O3/c1-12-15(9-24-29-12)19(27)26-6-4-25(5-7-26)13-2-3-16-14(8-13)18(23-11-22-16)28-10-17(20)21/h2-3,8-9,11,17H,4-7,10H2,1H3. The van der Waals surface area contributed by atoms with Gasteiger partial charge in [0, 0.05) is 31.9 Å².